The van der Waals surface area contributed by atoms with Crippen molar-refractivity contribution < 1.29 is 14.0 Å². The van der Waals surface area contributed by atoms with Crippen LogP contribution in [0.3, 0.4) is 0 Å². The van der Waals surface area contributed by atoms with E-state index in [-0.39, 0.29) is 24.2 Å². The van der Waals surface area contributed by atoms with Crippen molar-refractivity contribution in [1.29, 1.82) is 0 Å². The maximum Gasteiger partial charge on any atom is 0.235 e. The Morgan fingerprint density at radius 3 is 2.69 bits per heavy atom. The zero-order valence-electron chi connectivity index (χ0n) is 14.6. The van der Waals surface area contributed by atoms with Crippen molar-refractivity contribution in [1.82, 2.24) is 9.88 Å². The van der Waals surface area contributed by atoms with Gasteiger partial charge < -0.3 is 5.73 Å². The molecule has 1 fully saturated rings. The number of hydrogen-bond acceptors (Lipinski definition) is 4. The summed E-state index contributed by atoms with van der Waals surface area (Å²) in [6.45, 7) is 1.20. The molecule has 2 N–H and O–H groups in total. The van der Waals surface area contributed by atoms with E-state index in [9.17, 15) is 14.0 Å². The van der Waals surface area contributed by atoms with Crippen molar-refractivity contribution in [3.8, 4) is 0 Å². The van der Waals surface area contributed by atoms with Gasteiger partial charge in [-0.25, -0.2) is 9.37 Å². The van der Waals surface area contributed by atoms with Gasteiger partial charge in [-0.05, 0) is 35.6 Å². The van der Waals surface area contributed by atoms with E-state index in [0.29, 0.717) is 12.2 Å². The molecule has 3 rings (SSSR count). The molecule has 26 heavy (non-hydrogen) atoms. The van der Waals surface area contributed by atoms with E-state index < -0.39 is 18.6 Å². The molecule has 0 aliphatic carbocycles. The number of carbonyl (C=O) groups is 2. The van der Waals surface area contributed by atoms with Crippen LogP contribution in [-0.4, -0.2) is 34.4 Å². The Labute approximate surface area is 152 Å². The number of anilines is 1. The van der Waals surface area contributed by atoms with Gasteiger partial charge in [0.2, 0.25) is 11.8 Å². The van der Waals surface area contributed by atoms with E-state index >= 15 is 0 Å². The van der Waals surface area contributed by atoms with Crippen LogP contribution < -0.4 is 5.73 Å². The molecular weight excluding hydrogens is 333 g/mol. The van der Waals surface area contributed by atoms with Crippen LogP contribution in [0.1, 0.15) is 30.4 Å². The Morgan fingerprint density at radius 1 is 1.31 bits per heavy atom. The van der Waals surface area contributed by atoms with Crippen LogP contribution in [0, 0.1) is 5.92 Å². The topological polar surface area (TPSA) is 76.3 Å². The molecule has 3 atom stereocenters. The number of rotatable bonds is 6. The lowest BCUT2D eigenvalue weighted by atomic mass is 9.82. The second kappa shape index (κ2) is 7.64. The standard InChI is InChI=1S/C20H22FN3O2/c1-13(15-5-3-2-4-6-15)9-19(25)24-17(12-21)16(20(24)26)10-14-7-8-23-18(22)11-14/h2-8,11,13,16-17H,9-10,12H2,1H3,(H2,22,23)/t13-,16+,17+/m0/s1. The molecule has 1 aromatic carbocycles. The SMILES string of the molecule is C[C@@H](CC(=O)N1C(=O)[C@H](Cc2ccnc(N)c2)[C@H]1CF)c1ccccc1. The minimum atomic E-state index is -0.734. The number of alkyl halides is 1. The molecule has 0 saturated carbocycles. The van der Waals surface area contributed by atoms with Crippen LogP contribution in [-0.2, 0) is 16.0 Å². The number of hydrogen-bond donors (Lipinski definition) is 1. The lowest BCUT2D eigenvalue weighted by Gasteiger charge is -2.44. The molecule has 1 aliphatic heterocycles. The van der Waals surface area contributed by atoms with Gasteiger partial charge in [0.25, 0.3) is 0 Å². The number of amides is 2. The van der Waals surface area contributed by atoms with Gasteiger partial charge in [-0.3, -0.25) is 14.5 Å². The number of benzene rings is 1. The number of halogens is 1. The van der Waals surface area contributed by atoms with Crippen LogP contribution in [0.5, 0.6) is 0 Å². The van der Waals surface area contributed by atoms with Gasteiger partial charge in [0, 0.05) is 12.6 Å². The molecule has 1 aromatic heterocycles. The van der Waals surface area contributed by atoms with Crippen LogP contribution in [0.2, 0.25) is 0 Å². The van der Waals surface area contributed by atoms with Gasteiger partial charge in [-0.2, -0.15) is 0 Å². The maximum atomic E-state index is 13.5. The summed E-state index contributed by atoms with van der Waals surface area (Å²) in [7, 11) is 0. The highest BCUT2D eigenvalue weighted by atomic mass is 19.1. The van der Waals surface area contributed by atoms with Crippen LogP contribution in [0.4, 0.5) is 10.2 Å². The molecule has 2 heterocycles. The van der Waals surface area contributed by atoms with Crippen LogP contribution in [0.25, 0.3) is 0 Å². The van der Waals surface area contributed by atoms with Crippen molar-refractivity contribution in [3.05, 3.63) is 59.8 Å². The predicted molar refractivity (Wildman–Crippen MR) is 96.9 cm³/mol. The number of nitrogen functional groups attached to an aromatic ring is 1. The van der Waals surface area contributed by atoms with E-state index in [1.54, 1.807) is 18.3 Å². The third kappa shape index (κ3) is 3.59. The molecule has 2 aromatic rings. The largest absolute Gasteiger partial charge is 0.384 e. The highest BCUT2D eigenvalue weighted by Crippen LogP contribution is 2.33. The number of β-lactam (4-membered cyclic amide) rings is 1. The number of likely N-dealkylation sites (tertiary alicyclic amines) is 1. The van der Waals surface area contributed by atoms with Crippen LogP contribution in [0.15, 0.2) is 48.7 Å². The van der Waals surface area contributed by atoms with Gasteiger partial charge in [0.05, 0.1) is 12.0 Å². The lowest BCUT2D eigenvalue weighted by Crippen LogP contribution is -2.64. The Kier molecular flexibility index (Phi) is 5.30. The molecule has 5 nitrogen and oxygen atoms in total. The number of nitrogens with zero attached hydrogens (tertiary/aromatic N) is 2. The number of nitrogens with two attached hydrogens (primary N) is 1. The first-order valence-electron chi connectivity index (χ1n) is 8.68. The molecule has 0 bridgehead atoms. The predicted octanol–water partition coefficient (Wildman–Crippen LogP) is 2.72. The second-order valence-corrected chi connectivity index (χ2v) is 6.74. The molecule has 0 spiro atoms. The number of carbonyl (C=O) groups excluding carboxylic acids is 2. The number of pyridine rings is 1. The molecular formula is C20H22FN3O2. The number of imide groups is 1. The summed E-state index contributed by atoms with van der Waals surface area (Å²) in [5.41, 5.74) is 7.49. The van der Waals surface area contributed by atoms with Crippen molar-refractivity contribution in [3.63, 3.8) is 0 Å². The fraction of sp³-hybridized carbons (Fsp3) is 0.350. The van der Waals surface area contributed by atoms with E-state index in [0.717, 1.165) is 16.0 Å². The molecule has 0 unspecified atom stereocenters. The zero-order valence-corrected chi connectivity index (χ0v) is 14.6. The summed E-state index contributed by atoms with van der Waals surface area (Å²) in [4.78, 5) is 30.0. The van der Waals surface area contributed by atoms with Crippen molar-refractivity contribution in [2.24, 2.45) is 5.92 Å². The van der Waals surface area contributed by atoms with Gasteiger partial charge in [0.15, 0.2) is 0 Å². The third-order valence-electron chi connectivity index (χ3n) is 4.93. The van der Waals surface area contributed by atoms with Gasteiger partial charge in [-0.15, -0.1) is 0 Å². The quantitative estimate of drug-likeness (QED) is 0.809. The van der Waals surface area contributed by atoms with E-state index in [1.807, 2.05) is 37.3 Å². The Balaban J connectivity index is 1.65. The number of aromatic nitrogens is 1. The van der Waals surface area contributed by atoms with Crippen molar-refractivity contribution in [2.75, 3.05) is 12.4 Å². The first kappa shape index (κ1) is 18.0. The fourth-order valence-corrected chi connectivity index (χ4v) is 3.45. The first-order chi connectivity index (χ1) is 12.5. The molecule has 1 aliphatic rings. The Bertz CT molecular complexity index is 797. The second-order valence-electron chi connectivity index (χ2n) is 6.74. The van der Waals surface area contributed by atoms with E-state index in [2.05, 4.69) is 4.98 Å². The van der Waals surface area contributed by atoms with E-state index in [4.69, 9.17) is 5.73 Å². The average Bonchev–Trinajstić information content (AvgIpc) is 2.64. The summed E-state index contributed by atoms with van der Waals surface area (Å²) in [6.07, 6.45) is 2.10. The smallest absolute Gasteiger partial charge is 0.235 e. The molecule has 6 heteroatoms. The Morgan fingerprint density at radius 2 is 2.04 bits per heavy atom. The summed E-state index contributed by atoms with van der Waals surface area (Å²) in [5, 5.41) is 0. The molecule has 136 valence electrons. The van der Waals surface area contributed by atoms with E-state index in [1.165, 1.54) is 0 Å². The minimum Gasteiger partial charge on any atom is -0.384 e. The summed E-state index contributed by atoms with van der Waals surface area (Å²) in [6, 6.07) is 12.3. The van der Waals surface area contributed by atoms with Crippen molar-refractivity contribution in [2.45, 2.75) is 31.7 Å². The average molecular weight is 355 g/mol. The zero-order chi connectivity index (χ0) is 18.7. The lowest BCUT2D eigenvalue weighted by molar-refractivity contribution is -0.167. The summed E-state index contributed by atoms with van der Waals surface area (Å²) in [5.74, 6) is -0.836. The molecule has 1 saturated heterocycles. The Hall–Kier alpha value is -2.76. The fourth-order valence-electron chi connectivity index (χ4n) is 3.45. The summed E-state index contributed by atoms with van der Waals surface area (Å²) >= 11 is 0. The highest BCUT2D eigenvalue weighted by Gasteiger charge is 2.50. The monoisotopic (exact) mass is 355 g/mol. The van der Waals surface area contributed by atoms with Gasteiger partial charge in [-0.1, -0.05) is 37.3 Å². The summed E-state index contributed by atoms with van der Waals surface area (Å²) < 4.78 is 13.5. The van der Waals surface area contributed by atoms with Crippen LogP contribution >= 0.6 is 0 Å². The normalized spacial score (nSPS) is 20.5. The highest BCUT2D eigenvalue weighted by molar-refractivity contribution is 6.02. The maximum absolute atomic E-state index is 13.5. The molecule has 2 amide bonds. The van der Waals surface area contributed by atoms with Crippen molar-refractivity contribution >= 4 is 17.6 Å². The van der Waals surface area contributed by atoms with Gasteiger partial charge in [0.1, 0.15) is 12.5 Å². The minimum absolute atomic E-state index is 0.0317. The molecule has 0 radical (unpaired) electrons. The van der Waals surface area contributed by atoms with Gasteiger partial charge >= 0.3 is 0 Å². The third-order valence-corrected chi connectivity index (χ3v) is 4.93. The first-order valence-corrected chi connectivity index (χ1v) is 8.68.